The number of cyclic esters (lactones) is 1. The second-order valence-corrected chi connectivity index (χ2v) is 6.27. The number of esters is 1. The van der Waals surface area contributed by atoms with Gasteiger partial charge in [0.2, 0.25) is 5.90 Å². The standard InChI is InChI=1S/C16H17NO4/c1-15(2)19-9-12(21-15)11-8-16(11)14(18)20-13(17-16)10-6-4-3-5-7-10/h3-7,11-12H,8-9H2,1-2H3/t11-,12-,16-/m1/s1. The first-order valence-corrected chi connectivity index (χ1v) is 7.19. The molecule has 2 aliphatic heterocycles. The molecule has 0 unspecified atom stereocenters. The SMILES string of the molecule is CC1(C)OC[C@H]([C@H]2C[C@@]23N=C(c2ccccc2)OC3=O)O1. The molecule has 1 spiro atoms. The highest BCUT2D eigenvalue weighted by Gasteiger charge is 2.69. The summed E-state index contributed by atoms with van der Waals surface area (Å²) in [5.74, 6) is -0.378. The Balaban J connectivity index is 1.57. The molecule has 1 saturated heterocycles. The van der Waals surface area contributed by atoms with Crippen LogP contribution in [0.1, 0.15) is 25.8 Å². The Hall–Kier alpha value is -1.72. The van der Waals surface area contributed by atoms with Crippen molar-refractivity contribution >= 4 is 11.9 Å². The summed E-state index contributed by atoms with van der Waals surface area (Å²) in [5, 5.41) is 0. The minimum Gasteiger partial charge on any atom is -0.405 e. The maximum absolute atomic E-state index is 12.2. The first-order chi connectivity index (χ1) is 10.0. The van der Waals surface area contributed by atoms with Gasteiger partial charge < -0.3 is 14.2 Å². The summed E-state index contributed by atoms with van der Waals surface area (Å²) < 4.78 is 16.8. The molecule has 110 valence electrons. The molecule has 5 heteroatoms. The average Bonchev–Trinajstić information content (AvgIpc) is 2.94. The zero-order chi connectivity index (χ0) is 14.7. The zero-order valence-electron chi connectivity index (χ0n) is 12.0. The summed E-state index contributed by atoms with van der Waals surface area (Å²) in [7, 11) is 0. The number of aliphatic imine (C=N–C) groups is 1. The van der Waals surface area contributed by atoms with Gasteiger partial charge in [0.15, 0.2) is 11.3 Å². The number of carbonyl (C=O) groups excluding carboxylic acids is 1. The van der Waals surface area contributed by atoms with E-state index in [2.05, 4.69) is 4.99 Å². The van der Waals surface area contributed by atoms with Crippen LogP contribution in [0.5, 0.6) is 0 Å². The van der Waals surface area contributed by atoms with Crippen LogP contribution in [0, 0.1) is 5.92 Å². The lowest BCUT2D eigenvalue weighted by atomic mass is 10.1. The van der Waals surface area contributed by atoms with Crippen LogP contribution in [0.2, 0.25) is 0 Å². The summed E-state index contributed by atoms with van der Waals surface area (Å²) >= 11 is 0. The molecule has 0 amide bonds. The van der Waals surface area contributed by atoms with Crippen molar-refractivity contribution in [2.45, 2.75) is 37.7 Å². The Kier molecular flexibility index (Phi) is 2.56. The van der Waals surface area contributed by atoms with Gasteiger partial charge in [-0.05, 0) is 32.4 Å². The van der Waals surface area contributed by atoms with E-state index in [1.54, 1.807) is 0 Å². The molecule has 1 saturated carbocycles. The second kappa shape index (κ2) is 4.15. The molecule has 0 radical (unpaired) electrons. The summed E-state index contributed by atoms with van der Waals surface area (Å²) in [5.41, 5.74) is 0.0805. The van der Waals surface area contributed by atoms with Gasteiger partial charge in [-0.1, -0.05) is 18.2 Å². The smallest absolute Gasteiger partial charge is 0.341 e. The fourth-order valence-electron chi connectivity index (χ4n) is 3.12. The van der Waals surface area contributed by atoms with Gasteiger partial charge in [0.25, 0.3) is 0 Å². The molecule has 1 aromatic rings. The minimum atomic E-state index is -0.750. The Morgan fingerprint density at radius 3 is 2.67 bits per heavy atom. The summed E-state index contributed by atoms with van der Waals surface area (Å²) in [6.45, 7) is 4.27. The number of rotatable bonds is 2. The van der Waals surface area contributed by atoms with Gasteiger partial charge in [-0.25, -0.2) is 9.79 Å². The molecule has 1 aromatic carbocycles. The van der Waals surface area contributed by atoms with Crippen molar-refractivity contribution < 1.29 is 19.0 Å². The lowest BCUT2D eigenvalue weighted by Gasteiger charge is -2.17. The number of nitrogens with zero attached hydrogens (tertiary/aromatic N) is 1. The van der Waals surface area contributed by atoms with E-state index in [1.807, 2.05) is 44.2 Å². The third-order valence-electron chi connectivity index (χ3n) is 4.33. The lowest BCUT2D eigenvalue weighted by molar-refractivity contribution is -0.144. The van der Waals surface area contributed by atoms with Crippen LogP contribution in [0.15, 0.2) is 35.3 Å². The van der Waals surface area contributed by atoms with Crippen LogP contribution in [-0.2, 0) is 19.0 Å². The topological polar surface area (TPSA) is 57.1 Å². The van der Waals surface area contributed by atoms with E-state index in [1.165, 1.54) is 0 Å². The fraction of sp³-hybridized carbons (Fsp3) is 0.500. The maximum Gasteiger partial charge on any atom is 0.341 e. The Labute approximate surface area is 122 Å². The molecule has 5 nitrogen and oxygen atoms in total. The van der Waals surface area contributed by atoms with Gasteiger partial charge in [0.05, 0.1) is 12.7 Å². The Bertz CT molecular complexity index is 624. The molecular formula is C16H17NO4. The highest BCUT2D eigenvalue weighted by Crippen LogP contribution is 2.55. The van der Waals surface area contributed by atoms with E-state index in [9.17, 15) is 4.79 Å². The molecule has 0 aromatic heterocycles. The largest absolute Gasteiger partial charge is 0.405 e. The van der Waals surface area contributed by atoms with Gasteiger partial charge in [0.1, 0.15) is 0 Å². The molecule has 0 bridgehead atoms. The third-order valence-corrected chi connectivity index (χ3v) is 4.33. The van der Waals surface area contributed by atoms with E-state index >= 15 is 0 Å². The van der Waals surface area contributed by atoms with Gasteiger partial charge in [-0.2, -0.15) is 0 Å². The molecule has 3 atom stereocenters. The number of hydrogen-bond donors (Lipinski definition) is 0. The van der Waals surface area contributed by atoms with E-state index in [4.69, 9.17) is 14.2 Å². The van der Waals surface area contributed by atoms with Crippen molar-refractivity contribution in [3.8, 4) is 0 Å². The summed E-state index contributed by atoms with van der Waals surface area (Å²) in [6, 6.07) is 9.50. The Morgan fingerprint density at radius 2 is 2.00 bits per heavy atom. The molecule has 4 rings (SSSR count). The second-order valence-electron chi connectivity index (χ2n) is 6.27. The third kappa shape index (κ3) is 2.00. The molecule has 2 fully saturated rings. The van der Waals surface area contributed by atoms with Crippen molar-refractivity contribution in [2.75, 3.05) is 6.61 Å². The first kappa shape index (κ1) is 13.0. The first-order valence-electron chi connectivity index (χ1n) is 7.19. The van der Waals surface area contributed by atoms with Crippen molar-refractivity contribution in [3.05, 3.63) is 35.9 Å². The highest BCUT2D eigenvalue weighted by molar-refractivity contribution is 6.09. The zero-order valence-corrected chi connectivity index (χ0v) is 12.0. The van der Waals surface area contributed by atoms with Crippen LogP contribution in [0.3, 0.4) is 0 Å². The lowest BCUT2D eigenvalue weighted by Crippen LogP contribution is -2.28. The van der Waals surface area contributed by atoms with Gasteiger partial charge in [-0.3, -0.25) is 0 Å². The number of benzene rings is 1. The maximum atomic E-state index is 12.2. The average molecular weight is 287 g/mol. The van der Waals surface area contributed by atoms with Crippen LogP contribution in [0.4, 0.5) is 0 Å². The number of hydrogen-bond acceptors (Lipinski definition) is 5. The van der Waals surface area contributed by atoms with E-state index in [0.29, 0.717) is 18.9 Å². The summed E-state index contributed by atoms with van der Waals surface area (Å²) in [4.78, 5) is 16.8. The van der Waals surface area contributed by atoms with Crippen LogP contribution >= 0.6 is 0 Å². The van der Waals surface area contributed by atoms with Gasteiger partial charge in [-0.15, -0.1) is 0 Å². The molecule has 0 N–H and O–H groups in total. The van der Waals surface area contributed by atoms with Crippen LogP contribution < -0.4 is 0 Å². The summed E-state index contributed by atoms with van der Waals surface area (Å²) in [6.07, 6.45) is 0.582. The van der Waals surface area contributed by atoms with Crippen molar-refractivity contribution in [3.63, 3.8) is 0 Å². The molecule has 1 aliphatic carbocycles. The highest BCUT2D eigenvalue weighted by atomic mass is 16.7. The monoisotopic (exact) mass is 287 g/mol. The van der Waals surface area contributed by atoms with E-state index in [0.717, 1.165) is 5.56 Å². The van der Waals surface area contributed by atoms with E-state index in [-0.39, 0.29) is 18.0 Å². The molecule has 2 heterocycles. The molecule has 21 heavy (non-hydrogen) atoms. The predicted molar refractivity (Wildman–Crippen MR) is 74.8 cm³/mol. The number of carbonyl (C=O) groups is 1. The molecular weight excluding hydrogens is 270 g/mol. The van der Waals surface area contributed by atoms with Gasteiger partial charge in [0, 0.05) is 11.5 Å². The normalized spacial score (nSPS) is 36.7. The predicted octanol–water partition coefficient (Wildman–Crippen LogP) is 1.90. The van der Waals surface area contributed by atoms with Crippen LogP contribution in [-0.4, -0.2) is 35.9 Å². The van der Waals surface area contributed by atoms with Crippen LogP contribution in [0.25, 0.3) is 0 Å². The van der Waals surface area contributed by atoms with Crippen molar-refractivity contribution in [1.29, 1.82) is 0 Å². The molecule has 3 aliphatic rings. The van der Waals surface area contributed by atoms with E-state index < -0.39 is 11.3 Å². The minimum absolute atomic E-state index is 0.0491. The quantitative estimate of drug-likeness (QED) is 0.780. The number of ether oxygens (including phenoxy) is 3. The van der Waals surface area contributed by atoms with Crippen molar-refractivity contribution in [1.82, 2.24) is 0 Å². The van der Waals surface area contributed by atoms with Gasteiger partial charge >= 0.3 is 5.97 Å². The van der Waals surface area contributed by atoms with Crippen molar-refractivity contribution in [2.24, 2.45) is 10.9 Å². The fourth-order valence-corrected chi connectivity index (χ4v) is 3.12. The Morgan fingerprint density at radius 1 is 1.24 bits per heavy atom.